The number of nitrogens with zero attached hydrogens (tertiary/aromatic N) is 4. The van der Waals surface area contributed by atoms with Crippen molar-refractivity contribution in [2.24, 2.45) is 5.73 Å². The zero-order valence-electron chi connectivity index (χ0n) is 20.0. The zero-order chi connectivity index (χ0) is 22.4. The van der Waals surface area contributed by atoms with Crippen LogP contribution in [0.4, 0.5) is 0 Å². The third kappa shape index (κ3) is 5.85. The minimum atomic E-state index is 0.913. The molecule has 2 N–H and O–H groups in total. The summed E-state index contributed by atoms with van der Waals surface area (Å²) in [5, 5.41) is 0. The fourth-order valence-corrected chi connectivity index (χ4v) is 4.52. The van der Waals surface area contributed by atoms with Crippen LogP contribution in [-0.2, 0) is 6.54 Å². The summed E-state index contributed by atoms with van der Waals surface area (Å²) in [5.74, 6) is 0.913. The van der Waals surface area contributed by atoms with Crippen molar-refractivity contribution >= 4 is 5.70 Å². The Bertz CT molecular complexity index is 809. The predicted octanol–water partition coefficient (Wildman–Crippen LogP) is 3.83. The van der Waals surface area contributed by atoms with Crippen molar-refractivity contribution in [2.45, 2.75) is 40.7 Å². The van der Waals surface area contributed by atoms with Crippen LogP contribution in [-0.4, -0.2) is 72.0 Å². The fraction of sp³-hybridized carbons (Fsp3) is 0.538. The third-order valence-electron chi connectivity index (χ3n) is 6.75. The maximum Gasteiger partial charge on any atom is 0.0946 e. The van der Waals surface area contributed by atoms with E-state index in [4.69, 9.17) is 5.73 Å². The topological polar surface area (TPSA) is 39.0 Å². The van der Waals surface area contributed by atoms with E-state index in [1.165, 1.54) is 22.4 Å². The van der Waals surface area contributed by atoms with Crippen molar-refractivity contribution in [2.75, 3.05) is 52.4 Å². The largest absolute Gasteiger partial charge is 0.386 e. The molecule has 170 valence electrons. The second kappa shape index (κ2) is 10.8. The van der Waals surface area contributed by atoms with Crippen LogP contribution in [0.25, 0.3) is 5.70 Å². The van der Waals surface area contributed by atoms with Crippen LogP contribution in [0.15, 0.2) is 48.4 Å². The van der Waals surface area contributed by atoms with E-state index >= 15 is 0 Å². The van der Waals surface area contributed by atoms with Gasteiger partial charge in [-0.2, -0.15) is 0 Å². The number of aryl methyl sites for hydroxylation is 1. The molecule has 0 aliphatic carbocycles. The van der Waals surface area contributed by atoms with E-state index in [1.807, 2.05) is 0 Å². The molecule has 2 fully saturated rings. The molecule has 31 heavy (non-hydrogen) atoms. The Balaban J connectivity index is 1.60. The lowest BCUT2D eigenvalue weighted by atomic mass is 10.0. The fourth-order valence-electron chi connectivity index (χ4n) is 4.52. The summed E-state index contributed by atoms with van der Waals surface area (Å²) in [6, 6.07) is 6.90. The molecule has 0 amide bonds. The van der Waals surface area contributed by atoms with Gasteiger partial charge in [-0.25, -0.2) is 0 Å². The monoisotopic (exact) mass is 423 g/mol. The van der Waals surface area contributed by atoms with Crippen molar-refractivity contribution in [3.8, 4) is 0 Å². The number of allylic oxidation sites excluding steroid dienone is 3. The lowest BCUT2D eigenvalue weighted by Gasteiger charge is -2.39. The van der Waals surface area contributed by atoms with Gasteiger partial charge in [0.2, 0.25) is 0 Å². The number of nitrogens with two attached hydrogens (primary N) is 1. The lowest BCUT2D eigenvalue weighted by Crippen LogP contribution is -2.46. The van der Waals surface area contributed by atoms with E-state index in [-0.39, 0.29) is 0 Å². The normalized spacial score (nSPS) is 19.2. The summed E-state index contributed by atoms with van der Waals surface area (Å²) >= 11 is 0. The molecule has 0 atom stereocenters. The Morgan fingerprint density at radius 2 is 1.61 bits per heavy atom. The van der Waals surface area contributed by atoms with Gasteiger partial charge < -0.3 is 20.4 Å². The highest BCUT2D eigenvalue weighted by Gasteiger charge is 2.21. The first-order valence-electron chi connectivity index (χ1n) is 11.8. The molecular weight excluding hydrogens is 382 g/mol. The van der Waals surface area contributed by atoms with E-state index in [1.54, 1.807) is 0 Å². The van der Waals surface area contributed by atoms with Crippen LogP contribution < -0.4 is 5.73 Å². The maximum atomic E-state index is 6.19. The summed E-state index contributed by atoms with van der Waals surface area (Å²) in [4.78, 5) is 9.76. The van der Waals surface area contributed by atoms with Crippen molar-refractivity contribution in [3.63, 3.8) is 0 Å². The summed E-state index contributed by atoms with van der Waals surface area (Å²) in [6.45, 7) is 22.4. The number of benzene rings is 1. The Kier molecular flexibility index (Phi) is 8.08. The molecule has 2 heterocycles. The van der Waals surface area contributed by atoms with Crippen LogP contribution in [0.3, 0.4) is 0 Å². The predicted molar refractivity (Wildman–Crippen MR) is 132 cm³/mol. The molecule has 2 aliphatic rings. The van der Waals surface area contributed by atoms with Crippen molar-refractivity contribution in [3.05, 3.63) is 65.1 Å². The molecule has 0 spiro atoms. The second-order valence-corrected chi connectivity index (χ2v) is 8.80. The minimum absolute atomic E-state index is 0.913. The van der Waals surface area contributed by atoms with Crippen molar-refractivity contribution < 1.29 is 0 Å². The van der Waals surface area contributed by atoms with Crippen LogP contribution in [0.5, 0.6) is 0 Å². The van der Waals surface area contributed by atoms with Gasteiger partial charge in [0.15, 0.2) is 0 Å². The SMILES string of the molecule is C=C(c1cc(CN2CCN(/C(C)=C/C)CC2)ccc1C)N1CCN(/C(N)=C/CC)CC1. The Morgan fingerprint density at radius 3 is 2.23 bits per heavy atom. The maximum absolute atomic E-state index is 6.19. The Hall–Kier alpha value is -2.40. The van der Waals surface area contributed by atoms with Gasteiger partial charge in [0, 0.05) is 75.9 Å². The van der Waals surface area contributed by atoms with Gasteiger partial charge in [0.1, 0.15) is 0 Å². The quantitative estimate of drug-likeness (QED) is 0.722. The number of piperazine rings is 2. The zero-order valence-corrected chi connectivity index (χ0v) is 20.0. The molecule has 2 aliphatic heterocycles. The minimum Gasteiger partial charge on any atom is -0.386 e. The second-order valence-electron chi connectivity index (χ2n) is 8.80. The first kappa shape index (κ1) is 23.3. The highest BCUT2D eigenvalue weighted by atomic mass is 15.3. The standard InChI is InChI=1S/C26H41N5/c1-6-8-26(27)31-17-15-30(16-18-31)23(5)25-19-24(10-9-21(25)3)20-28-11-13-29(14-12-28)22(4)7-2/h7-10,19H,5-6,11-18,20,27H2,1-4H3/b22-7+,26-8+. The van der Waals surface area contributed by atoms with Crippen LogP contribution in [0.1, 0.15) is 43.9 Å². The van der Waals surface area contributed by atoms with Gasteiger partial charge in [-0.1, -0.05) is 31.7 Å². The van der Waals surface area contributed by atoms with Crippen LogP contribution >= 0.6 is 0 Å². The molecule has 2 saturated heterocycles. The van der Waals surface area contributed by atoms with E-state index in [2.05, 4.69) is 84.2 Å². The van der Waals surface area contributed by atoms with Crippen molar-refractivity contribution in [1.29, 1.82) is 0 Å². The van der Waals surface area contributed by atoms with E-state index in [0.717, 1.165) is 76.8 Å². The van der Waals surface area contributed by atoms with E-state index in [9.17, 15) is 0 Å². The lowest BCUT2D eigenvalue weighted by molar-refractivity contribution is 0.153. The molecule has 0 unspecified atom stereocenters. The smallest absolute Gasteiger partial charge is 0.0946 e. The number of hydrogen-bond donors (Lipinski definition) is 1. The summed E-state index contributed by atoms with van der Waals surface area (Å²) in [7, 11) is 0. The van der Waals surface area contributed by atoms with Gasteiger partial charge in [0.05, 0.1) is 5.82 Å². The first-order chi connectivity index (χ1) is 14.9. The molecule has 0 radical (unpaired) electrons. The average molecular weight is 424 g/mol. The van der Waals surface area contributed by atoms with Gasteiger partial charge in [-0.05, 0) is 50.5 Å². The summed E-state index contributed by atoms with van der Waals surface area (Å²) in [5.41, 5.74) is 12.7. The first-order valence-corrected chi connectivity index (χ1v) is 11.8. The van der Waals surface area contributed by atoms with Crippen LogP contribution in [0.2, 0.25) is 0 Å². The average Bonchev–Trinajstić information content (AvgIpc) is 2.80. The summed E-state index contributed by atoms with van der Waals surface area (Å²) < 4.78 is 0. The Labute approximate surface area is 189 Å². The van der Waals surface area contributed by atoms with Gasteiger partial charge in [-0.3, -0.25) is 4.90 Å². The molecule has 0 aromatic heterocycles. The molecule has 5 heteroatoms. The van der Waals surface area contributed by atoms with E-state index in [0.29, 0.717) is 0 Å². The molecular formula is C26H41N5. The molecule has 1 aromatic rings. The molecule has 1 aromatic carbocycles. The number of rotatable bonds is 7. The highest BCUT2D eigenvalue weighted by molar-refractivity contribution is 5.65. The van der Waals surface area contributed by atoms with E-state index < -0.39 is 0 Å². The van der Waals surface area contributed by atoms with Gasteiger partial charge in [-0.15, -0.1) is 0 Å². The highest BCUT2D eigenvalue weighted by Crippen LogP contribution is 2.25. The molecule has 5 nitrogen and oxygen atoms in total. The third-order valence-corrected chi connectivity index (χ3v) is 6.75. The number of hydrogen-bond acceptors (Lipinski definition) is 5. The van der Waals surface area contributed by atoms with Gasteiger partial charge in [0.25, 0.3) is 0 Å². The summed E-state index contributed by atoms with van der Waals surface area (Å²) in [6.07, 6.45) is 5.30. The molecule has 0 bridgehead atoms. The Morgan fingerprint density at radius 1 is 1.00 bits per heavy atom. The van der Waals surface area contributed by atoms with Gasteiger partial charge >= 0.3 is 0 Å². The molecule has 0 saturated carbocycles. The van der Waals surface area contributed by atoms with Crippen LogP contribution in [0, 0.1) is 6.92 Å². The van der Waals surface area contributed by atoms with Crippen molar-refractivity contribution in [1.82, 2.24) is 19.6 Å². The molecule has 3 rings (SSSR count).